The molecule has 13 heteroatoms. The highest BCUT2D eigenvalue weighted by atomic mass is 32.1. The largest absolute Gasteiger partial charge is 0.480 e. The number of nitrogens with zero attached hydrogens (tertiary/aromatic N) is 3. The Balaban J connectivity index is 1.48. The number of thiazole rings is 1. The fraction of sp³-hybridized carbons (Fsp3) is 0.586. The number of Topliss-reactive ketones (excluding diaryl/α,β-unsaturated/α-hetero) is 1. The number of para-hydroxylation sites is 1. The molecule has 1 aromatic carbocycles. The van der Waals surface area contributed by atoms with Crippen LogP contribution in [-0.4, -0.2) is 82.3 Å². The summed E-state index contributed by atoms with van der Waals surface area (Å²) in [4.78, 5) is 62.3. The number of carbonyl (C=O) groups is 4. The lowest BCUT2D eigenvalue weighted by molar-refractivity contribution is -0.141. The van der Waals surface area contributed by atoms with E-state index < -0.39 is 30.0 Å². The molecular formula is C29H41N7O5S. The zero-order valence-corrected chi connectivity index (χ0v) is 24.6. The average Bonchev–Trinajstić information content (AvgIpc) is 3.64. The molecule has 42 heavy (non-hydrogen) atoms. The van der Waals surface area contributed by atoms with Crippen molar-refractivity contribution in [1.82, 2.24) is 20.5 Å². The van der Waals surface area contributed by atoms with Gasteiger partial charge in [0, 0.05) is 13.1 Å². The highest BCUT2D eigenvalue weighted by Gasteiger charge is 2.39. The van der Waals surface area contributed by atoms with E-state index in [0.717, 1.165) is 30.4 Å². The van der Waals surface area contributed by atoms with E-state index >= 15 is 0 Å². The van der Waals surface area contributed by atoms with E-state index in [1.54, 1.807) is 4.90 Å². The van der Waals surface area contributed by atoms with Gasteiger partial charge in [0.15, 0.2) is 11.0 Å². The Kier molecular flexibility index (Phi) is 11.2. The van der Waals surface area contributed by atoms with E-state index in [9.17, 15) is 24.3 Å². The van der Waals surface area contributed by atoms with Crippen molar-refractivity contribution in [3.8, 4) is 0 Å². The van der Waals surface area contributed by atoms with E-state index in [0.29, 0.717) is 61.6 Å². The molecule has 2 aromatic rings. The zero-order valence-electron chi connectivity index (χ0n) is 23.8. The standard InChI is InChI=1S/C29H41N7O5S/c30-29(31)32-14-6-11-20(25(39)27-35-19-10-4-5-13-23(19)42-27)34-26(40)22-12-7-15-36(22)28(41)21(33-17-24(37)38)16-18-8-2-1-3-9-18/h4-5,10,13,18,20-22,33H,1-3,6-9,11-12,14-17H2,(H,34,40)(H,37,38)(H4,30,31,32)/t20?,21-,22+/m1/s1. The predicted octanol–water partition coefficient (Wildman–Crippen LogP) is 2.02. The van der Waals surface area contributed by atoms with Gasteiger partial charge in [-0.05, 0) is 50.2 Å². The van der Waals surface area contributed by atoms with Crippen molar-refractivity contribution in [3.63, 3.8) is 0 Å². The number of hydrogen-bond donors (Lipinski definition) is 5. The van der Waals surface area contributed by atoms with Crippen LogP contribution in [0.25, 0.3) is 10.2 Å². The minimum Gasteiger partial charge on any atom is -0.480 e. The summed E-state index contributed by atoms with van der Waals surface area (Å²) in [5.74, 6) is -1.72. The van der Waals surface area contributed by atoms with Crippen molar-refractivity contribution < 1.29 is 24.3 Å². The molecule has 12 nitrogen and oxygen atoms in total. The number of nitrogens with one attached hydrogen (secondary N) is 2. The Morgan fingerprint density at radius 1 is 1.07 bits per heavy atom. The van der Waals surface area contributed by atoms with Gasteiger partial charge in [0.2, 0.25) is 17.6 Å². The fourth-order valence-corrected chi connectivity index (χ4v) is 6.87. The maximum Gasteiger partial charge on any atom is 0.317 e. The maximum absolute atomic E-state index is 13.7. The number of ketones is 1. The minimum atomic E-state index is -1.04. The molecule has 0 radical (unpaired) electrons. The second-order valence-electron chi connectivity index (χ2n) is 11.1. The van der Waals surface area contributed by atoms with Crippen molar-refractivity contribution >= 4 is 51.1 Å². The van der Waals surface area contributed by atoms with Crippen LogP contribution in [0.15, 0.2) is 29.3 Å². The van der Waals surface area contributed by atoms with Crippen molar-refractivity contribution in [1.29, 1.82) is 0 Å². The third-order valence-electron chi connectivity index (χ3n) is 8.01. The lowest BCUT2D eigenvalue weighted by Gasteiger charge is -2.32. The zero-order chi connectivity index (χ0) is 30.1. The number of carboxylic acids is 1. The third-order valence-corrected chi connectivity index (χ3v) is 9.06. The number of likely N-dealkylation sites (tertiary alicyclic amines) is 1. The van der Waals surface area contributed by atoms with Gasteiger partial charge in [-0.3, -0.25) is 29.5 Å². The summed E-state index contributed by atoms with van der Waals surface area (Å²) in [5, 5.41) is 15.4. The Hall–Kier alpha value is -3.58. The first-order chi connectivity index (χ1) is 20.2. The Morgan fingerprint density at radius 2 is 1.83 bits per heavy atom. The third kappa shape index (κ3) is 8.48. The van der Waals surface area contributed by atoms with Crippen LogP contribution in [0.5, 0.6) is 0 Å². The van der Waals surface area contributed by atoms with Crippen LogP contribution in [0.2, 0.25) is 0 Å². The molecule has 1 aliphatic heterocycles. The molecule has 2 amide bonds. The minimum absolute atomic E-state index is 0.0486. The van der Waals surface area contributed by atoms with Gasteiger partial charge in [-0.25, -0.2) is 4.98 Å². The molecule has 1 aromatic heterocycles. The number of carbonyl (C=O) groups excluding carboxylic acids is 3. The summed E-state index contributed by atoms with van der Waals surface area (Å²) in [7, 11) is 0. The molecule has 1 aliphatic carbocycles. The molecule has 7 N–H and O–H groups in total. The Labute approximate surface area is 249 Å². The number of carboxylic acid groups (broad SMARTS) is 1. The SMILES string of the molecule is NC(N)=NCCCC(NC(=O)[C@@H]1CCCN1C(=O)[C@@H](CC1CCCCC1)NCC(=O)O)C(=O)c1nc2ccccc2s1. The molecule has 228 valence electrons. The summed E-state index contributed by atoms with van der Waals surface area (Å²) in [5.41, 5.74) is 11.6. The first-order valence-electron chi connectivity index (χ1n) is 14.7. The van der Waals surface area contributed by atoms with Gasteiger partial charge in [0.05, 0.1) is 28.8 Å². The lowest BCUT2D eigenvalue weighted by atomic mass is 9.84. The molecule has 0 spiro atoms. The Bertz CT molecular complexity index is 1260. The van der Waals surface area contributed by atoms with Crippen LogP contribution >= 0.6 is 11.3 Å². The van der Waals surface area contributed by atoms with Gasteiger partial charge in [0.25, 0.3) is 0 Å². The molecule has 3 atom stereocenters. The van der Waals surface area contributed by atoms with Gasteiger partial charge >= 0.3 is 5.97 Å². The van der Waals surface area contributed by atoms with E-state index in [1.807, 2.05) is 24.3 Å². The van der Waals surface area contributed by atoms with Crippen LogP contribution in [0.1, 0.15) is 74.0 Å². The fourth-order valence-electron chi connectivity index (χ4n) is 5.91. The topological polar surface area (TPSA) is 193 Å². The predicted molar refractivity (Wildman–Crippen MR) is 161 cm³/mol. The highest BCUT2D eigenvalue weighted by Crippen LogP contribution is 2.29. The average molecular weight is 600 g/mol. The van der Waals surface area contributed by atoms with Crippen molar-refractivity contribution in [3.05, 3.63) is 29.3 Å². The van der Waals surface area contributed by atoms with Crippen LogP contribution in [0.3, 0.4) is 0 Å². The normalized spacial score (nSPS) is 18.9. The van der Waals surface area contributed by atoms with Crippen LogP contribution in [0, 0.1) is 5.92 Å². The molecule has 2 fully saturated rings. The summed E-state index contributed by atoms with van der Waals surface area (Å²) in [6.45, 7) is 0.365. The molecule has 2 aliphatic rings. The van der Waals surface area contributed by atoms with Crippen molar-refractivity contribution in [2.75, 3.05) is 19.6 Å². The Morgan fingerprint density at radius 3 is 2.55 bits per heavy atom. The molecule has 1 saturated heterocycles. The summed E-state index contributed by atoms with van der Waals surface area (Å²) >= 11 is 1.27. The summed E-state index contributed by atoms with van der Waals surface area (Å²) < 4.78 is 0.872. The number of rotatable bonds is 14. The summed E-state index contributed by atoms with van der Waals surface area (Å²) in [6, 6.07) is 5.15. The number of benzene rings is 1. The molecule has 2 heterocycles. The molecule has 4 rings (SSSR count). The van der Waals surface area contributed by atoms with E-state index in [-0.39, 0.29) is 24.2 Å². The highest BCUT2D eigenvalue weighted by molar-refractivity contribution is 7.20. The smallest absolute Gasteiger partial charge is 0.317 e. The monoisotopic (exact) mass is 599 g/mol. The first kappa shape index (κ1) is 31.4. The van der Waals surface area contributed by atoms with E-state index in [2.05, 4.69) is 20.6 Å². The van der Waals surface area contributed by atoms with Crippen LogP contribution < -0.4 is 22.1 Å². The number of aromatic nitrogens is 1. The summed E-state index contributed by atoms with van der Waals surface area (Å²) in [6.07, 6.45) is 7.80. The van der Waals surface area contributed by atoms with E-state index in [1.165, 1.54) is 17.8 Å². The van der Waals surface area contributed by atoms with Crippen molar-refractivity contribution in [2.24, 2.45) is 22.4 Å². The number of hydrogen-bond acceptors (Lipinski definition) is 8. The van der Waals surface area contributed by atoms with E-state index in [4.69, 9.17) is 11.5 Å². The molecular weight excluding hydrogens is 558 g/mol. The molecule has 1 unspecified atom stereocenters. The maximum atomic E-state index is 13.7. The number of aliphatic carboxylic acids is 1. The lowest BCUT2D eigenvalue weighted by Crippen LogP contribution is -2.55. The van der Waals surface area contributed by atoms with Gasteiger partial charge in [-0.2, -0.15) is 0 Å². The van der Waals surface area contributed by atoms with Crippen molar-refractivity contribution in [2.45, 2.75) is 82.3 Å². The number of nitrogens with two attached hydrogens (primary N) is 2. The number of amides is 2. The van der Waals surface area contributed by atoms with Gasteiger partial charge in [-0.1, -0.05) is 44.2 Å². The quantitative estimate of drug-likeness (QED) is 0.0935. The van der Waals surface area contributed by atoms with Gasteiger partial charge in [-0.15, -0.1) is 11.3 Å². The number of aliphatic imine (C=N–C) groups is 1. The van der Waals surface area contributed by atoms with Crippen LogP contribution in [0.4, 0.5) is 0 Å². The number of guanidine groups is 1. The molecule has 0 bridgehead atoms. The number of fused-ring (bicyclic) bond motifs is 1. The van der Waals surface area contributed by atoms with Gasteiger partial charge < -0.3 is 26.8 Å². The first-order valence-corrected chi connectivity index (χ1v) is 15.6. The van der Waals surface area contributed by atoms with Gasteiger partial charge in [0.1, 0.15) is 6.04 Å². The molecule has 1 saturated carbocycles. The second kappa shape index (κ2) is 15.1. The van der Waals surface area contributed by atoms with Crippen LogP contribution in [-0.2, 0) is 14.4 Å². The second-order valence-corrected chi connectivity index (χ2v) is 12.1.